The van der Waals surface area contributed by atoms with Crippen LogP contribution in [-0.4, -0.2) is 33.9 Å². The summed E-state index contributed by atoms with van der Waals surface area (Å²) >= 11 is 1.31. The second-order valence-electron chi connectivity index (χ2n) is 9.78. The van der Waals surface area contributed by atoms with E-state index in [0.717, 1.165) is 25.7 Å². The van der Waals surface area contributed by atoms with Crippen molar-refractivity contribution in [3.8, 4) is 0 Å². The van der Waals surface area contributed by atoms with Crippen LogP contribution in [-0.2, 0) is 14.4 Å². The first-order valence-electron chi connectivity index (χ1n) is 10.7. The van der Waals surface area contributed by atoms with Gasteiger partial charge in [0.05, 0.1) is 11.8 Å². The third kappa shape index (κ3) is 6.52. The molecule has 1 aliphatic carbocycles. The Bertz CT molecular complexity index is 721. The monoisotopic (exact) mass is 437 g/mol. The number of carbonyl (C=O) groups is 3. The summed E-state index contributed by atoms with van der Waals surface area (Å²) < 4.78 is 0. The predicted molar refractivity (Wildman–Crippen MR) is 118 cm³/mol. The van der Waals surface area contributed by atoms with E-state index >= 15 is 0 Å². The van der Waals surface area contributed by atoms with Crippen molar-refractivity contribution < 1.29 is 19.5 Å². The van der Waals surface area contributed by atoms with Crippen LogP contribution in [0.2, 0.25) is 0 Å². The summed E-state index contributed by atoms with van der Waals surface area (Å²) in [5.74, 6) is -2.82. The Balaban J connectivity index is 2.25. The molecule has 1 aliphatic rings. The quantitative estimate of drug-likeness (QED) is 0.537. The van der Waals surface area contributed by atoms with Crippen molar-refractivity contribution in [1.29, 1.82) is 0 Å². The number of carboxylic acid groups (broad SMARTS) is 1. The van der Waals surface area contributed by atoms with Gasteiger partial charge in [0, 0.05) is 11.6 Å². The highest BCUT2D eigenvalue weighted by Crippen LogP contribution is 2.38. The average Bonchev–Trinajstić information content (AvgIpc) is 3.31. The van der Waals surface area contributed by atoms with Gasteiger partial charge in [-0.15, -0.1) is 11.3 Å². The number of hydrogen-bond acceptors (Lipinski definition) is 5. The van der Waals surface area contributed by atoms with Crippen LogP contribution in [0.3, 0.4) is 0 Å². The number of carbonyl (C=O) groups excluding carboxylic acids is 2. The van der Waals surface area contributed by atoms with Crippen LogP contribution >= 0.6 is 11.3 Å². The Morgan fingerprint density at radius 2 is 1.83 bits per heavy atom. The zero-order chi connectivity index (χ0) is 22.5. The van der Waals surface area contributed by atoms with Crippen LogP contribution in [0, 0.1) is 29.1 Å². The summed E-state index contributed by atoms with van der Waals surface area (Å²) in [6.07, 6.45) is 5.77. The Morgan fingerprint density at radius 3 is 2.30 bits per heavy atom. The Labute approximate surface area is 183 Å². The minimum atomic E-state index is -0.915. The van der Waals surface area contributed by atoms with Gasteiger partial charge in [0.1, 0.15) is 6.04 Å². The first kappa shape index (κ1) is 24.3. The fourth-order valence-electron chi connectivity index (χ4n) is 4.33. The lowest BCUT2D eigenvalue weighted by Crippen LogP contribution is -2.54. The second-order valence-corrected chi connectivity index (χ2v) is 10.7. The molecule has 0 bridgehead atoms. The first-order valence-corrected chi connectivity index (χ1v) is 11.6. The molecule has 0 aromatic carbocycles. The van der Waals surface area contributed by atoms with E-state index in [4.69, 9.17) is 0 Å². The molecule has 0 spiro atoms. The van der Waals surface area contributed by atoms with Crippen molar-refractivity contribution in [3.63, 3.8) is 0 Å². The van der Waals surface area contributed by atoms with E-state index in [1.807, 2.05) is 34.6 Å². The van der Waals surface area contributed by atoms with Gasteiger partial charge in [-0.25, -0.2) is 4.98 Å². The van der Waals surface area contributed by atoms with Crippen LogP contribution in [0.5, 0.6) is 0 Å². The van der Waals surface area contributed by atoms with Crippen molar-refractivity contribution in [1.82, 2.24) is 10.3 Å². The molecule has 1 unspecified atom stereocenters. The first-order chi connectivity index (χ1) is 14.0. The van der Waals surface area contributed by atoms with E-state index in [9.17, 15) is 19.5 Å². The summed E-state index contributed by atoms with van der Waals surface area (Å²) in [4.78, 5) is 42.5. The number of nitrogens with one attached hydrogen (secondary N) is 2. The van der Waals surface area contributed by atoms with Crippen LogP contribution in [0.4, 0.5) is 5.13 Å². The largest absolute Gasteiger partial charge is 0.481 e. The van der Waals surface area contributed by atoms with Crippen LogP contribution in [0.1, 0.15) is 66.7 Å². The zero-order valence-electron chi connectivity index (χ0n) is 18.6. The van der Waals surface area contributed by atoms with Gasteiger partial charge in [0.2, 0.25) is 11.8 Å². The number of carboxylic acids is 1. The van der Waals surface area contributed by atoms with Crippen molar-refractivity contribution >= 4 is 34.3 Å². The van der Waals surface area contributed by atoms with E-state index in [-0.39, 0.29) is 23.7 Å². The molecular formula is C22H35N3O4S. The fourth-order valence-corrected chi connectivity index (χ4v) is 4.86. The lowest BCUT2D eigenvalue weighted by Gasteiger charge is -2.34. The number of thiazole rings is 1. The van der Waals surface area contributed by atoms with Crippen LogP contribution in [0.15, 0.2) is 11.6 Å². The summed E-state index contributed by atoms with van der Waals surface area (Å²) in [6.45, 7) is 9.61. The smallest absolute Gasteiger partial charge is 0.307 e. The average molecular weight is 438 g/mol. The van der Waals surface area contributed by atoms with Gasteiger partial charge in [-0.2, -0.15) is 0 Å². The highest BCUT2D eigenvalue weighted by molar-refractivity contribution is 7.13. The van der Waals surface area contributed by atoms with Gasteiger partial charge in [0.25, 0.3) is 0 Å². The molecule has 0 radical (unpaired) electrons. The molecular weight excluding hydrogens is 402 g/mol. The number of anilines is 1. The van der Waals surface area contributed by atoms with Crippen LogP contribution in [0.25, 0.3) is 0 Å². The molecule has 1 saturated carbocycles. The normalized spacial score (nSPS) is 18.1. The molecule has 1 heterocycles. The molecule has 2 rings (SSSR count). The highest BCUT2D eigenvalue weighted by atomic mass is 32.1. The molecule has 0 saturated heterocycles. The molecule has 30 heavy (non-hydrogen) atoms. The molecule has 1 aromatic rings. The predicted octanol–water partition coefficient (Wildman–Crippen LogP) is 4.17. The number of amides is 2. The maximum absolute atomic E-state index is 13.4. The van der Waals surface area contributed by atoms with Crippen molar-refractivity contribution in [2.24, 2.45) is 29.1 Å². The van der Waals surface area contributed by atoms with Gasteiger partial charge in [-0.05, 0) is 36.5 Å². The van der Waals surface area contributed by atoms with Gasteiger partial charge < -0.3 is 15.7 Å². The number of aromatic nitrogens is 1. The summed E-state index contributed by atoms with van der Waals surface area (Å²) in [5, 5.41) is 17.9. The summed E-state index contributed by atoms with van der Waals surface area (Å²) in [5.41, 5.74) is -0.550. The van der Waals surface area contributed by atoms with Crippen LogP contribution < -0.4 is 10.6 Å². The van der Waals surface area contributed by atoms with E-state index in [2.05, 4.69) is 15.6 Å². The van der Waals surface area contributed by atoms with Gasteiger partial charge in [-0.1, -0.05) is 47.5 Å². The molecule has 2 amide bonds. The van der Waals surface area contributed by atoms with E-state index < -0.39 is 29.3 Å². The maximum atomic E-state index is 13.4. The third-order valence-electron chi connectivity index (χ3n) is 5.77. The second kappa shape index (κ2) is 10.4. The molecule has 8 heteroatoms. The number of aliphatic carboxylic acids is 1. The molecule has 3 N–H and O–H groups in total. The molecule has 3 atom stereocenters. The Hall–Kier alpha value is -1.96. The van der Waals surface area contributed by atoms with E-state index in [1.165, 1.54) is 11.3 Å². The van der Waals surface area contributed by atoms with Crippen molar-refractivity contribution in [2.45, 2.75) is 72.8 Å². The van der Waals surface area contributed by atoms with Gasteiger partial charge in [0.15, 0.2) is 5.13 Å². The molecule has 1 fully saturated rings. The topological polar surface area (TPSA) is 108 Å². The SMILES string of the molecule is CC(C)C[C@@H](C(=O)NC(C(=O)Nc1nccs1)C(C)(C)C)[C@@H](C(=O)O)C1CCCC1. The minimum Gasteiger partial charge on any atom is -0.481 e. The lowest BCUT2D eigenvalue weighted by atomic mass is 9.75. The molecule has 1 aromatic heterocycles. The highest BCUT2D eigenvalue weighted by Gasteiger charge is 2.43. The Morgan fingerprint density at radius 1 is 1.20 bits per heavy atom. The third-order valence-corrected chi connectivity index (χ3v) is 6.45. The summed E-state index contributed by atoms with van der Waals surface area (Å²) in [6, 6.07) is -0.804. The number of rotatable bonds is 9. The number of nitrogens with zero attached hydrogens (tertiary/aromatic N) is 1. The molecule has 0 aliphatic heterocycles. The van der Waals surface area contributed by atoms with Crippen molar-refractivity contribution in [3.05, 3.63) is 11.6 Å². The summed E-state index contributed by atoms with van der Waals surface area (Å²) in [7, 11) is 0. The standard InChI is InChI=1S/C22H35N3O4S/c1-13(2)12-15(16(20(28)29)14-8-6-7-9-14)18(26)24-17(22(3,4)5)19(27)25-21-23-10-11-30-21/h10-11,13-17H,6-9,12H2,1-5H3,(H,24,26)(H,28,29)(H,23,25,27)/t15-,16+,17?/m1/s1. The minimum absolute atomic E-state index is 0.00855. The van der Waals surface area contributed by atoms with E-state index in [0.29, 0.717) is 11.6 Å². The molecule has 168 valence electrons. The van der Waals surface area contributed by atoms with Gasteiger partial charge in [-0.3, -0.25) is 14.4 Å². The fraction of sp³-hybridized carbons (Fsp3) is 0.727. The van der Waals surface area contributed by atoms with Gasteiger partial charge >= 0.3 is 5.97 Å². The zero-order valence-corrected chi connectivity index (χ0v) is 19.4. The number of hydrogen-bond donors (Lipinski definition) is 3. The molecule has 7 nitrogen and oxygen atoms in total. The lowest BCUT2D eigenvalue weighted by molar-refractivity contribution is -0.150. The van der Waals surface area contributed by atoms with E-state index in [1.54, 1.807) is 11.6 Å². The maximum Gasteiger partial charge on any atom is 0.307 e. The Kier molecular flexibility index (Phi) is 8.41. The van der Waals surface area contributed by atoms with Crippen molar-refractivity contribution in [2.75, 3.05) is 5.32 Å².